The van der Waals surface area contributed by atoms with Gasteiger partial charge in [-0.1, -0.05) is 25.1 Å². The molecule has 2 aliphatic rings. The van der Waals surface area contributed by atoms with E-state index in [0.717, 1.165) is 18.4 Å². The molecule has 9 nitrogen and oxygen atoms in total. The second kappa shape index (κ2) is 9.15. The van der Waals surface area contributed by atoms with Gasteiger partial charge in [0, 0.05) is 6.42 Å². The van der Waals surface area contributed by atoms with Crippen molar-refractivity contribution in [3.05, 3.63) is 29.8 Å². The molecule has 9 heteroatoms. The molecule has 0 atom stereocenters. The molecule has 1 spiro atoms. The van der Waals surface area contributed by atoms with E-state index in [-0.39, 0.29) is 6.42 Å². The van der Waals surface area contributed by atoms with Gasteiger partial charge < -0.3 is 14.8 Å². The Morgan fingerprint density at radius 3 is 2.63 bits per heavy atom. The first-order chi connectivity index (χ1) is 14.3. The van der Waals surface area contributed by atoms with E-state index in [1.54, 1.807) is 13.2 Å². The van der Waals surface area contributed by atoms with Crippen molar-refractivity contribution in [1.82, 2.24) is 15.8 Å². The Kier molecular flexibility index (Phi) is 6.59. The molecule has 1 aromatic carbocycles. The number of ether oxygens (including phenoxy) is 2. The third kappa shape index (κ3) is 4.72. The van der Waals surface area contributed by atoms with Gasteiger partial charge in [0.25, 0.3) is 11.8 Å². The zero-order valence-corrected chi connectivity index (χ0v) is 17.2. The van der Waals surface area contributed by atoms with E-state index >= 15 is 0 Å². The third-order valence-corrected chi connectivity index (χ3v) is 5.68. The normalized spacial score (nSPS) is 23.3. The number of hydrogen-bond donors (Lipinski definition) is 2. The van der Waals surface area contributed by atoms with Gasteiger partial charge in [-0.25, -0.2) is 4.79 Å². The van der Waals surface area contributed by atoms with E-state index in [9.17, 15) is 19.2 Å². The second-order valence-electron chi connectivity index (χ2n) is 7.84. The van der Waals surface area contributed by atoms with E-state index in [4.69, 9.17) is 9.47 Å². The summed E-state index contributed by atoms with van der Waals surface area (Å²) >= 11 is 0. The first kappa shape index (κ1) is 21.6. The Morgan fingerprint density at radius 2 is 1.93 bits per heavy atom. The van der Waals surface area contributed by atoms with Crippen molar-refractivity contribution < 1.29 is 28.7 Å². The van der Waals surface area contributed by atoms with Gasteiger partial charge in [-0.15, -0.1) is 0 Å². The molecule has 0 bridgehead atoms. The zero-order chi connectivity index (χ0) is 21.7. The molecule has 2 fully saturated rings. The highest BCUT2D eigenvalue weighted by Gasteiger charge is 2.52. The number of carbonyl (C=O) groups is 4. The molecule has 1 saturated carbocycles. The maximum atomic E-state index is 12.7. The van der Waals surface area contributed by atoms with Crippen LogP contribution in [0.5, 0.6) is 5.75 Å². The highest BCUT2D eigenvalue weighted by atomic mass is 16.5. The summed E-state index contributed by atoms with van der Waals surface area (Å²) in [4.78, 5) is 49.0. The van der Waals surface area contributed by atoms with Crippen molar-refractivity contribution in [2.75, 3.05) is 13.7 Å². The molecule has 1 aliphatic carbocycles. The number of methoxy groups -OCH3 is 1. The van der Waals surface area contributed by atoms with Crippen molar-refractivity contribution in [2.45, 2.75) is 51.0 Å². The molecule has 3 rings (SSSR count). The highest BCUT2D eigenvalue weighted by Crippen LogP contribution is 2.35. The summed E-state index contributed by atoms with van der Waals surface area (Å²) < 4.78 is 10.2. The lowest BCUT2D eigenvalue weighted by atomic mass is 9.77. The molecular formula is C21H27N3O6. The van der Waals surface area contributed by atoms with Gasteiger partial charge in [0.2, 0.25) is 0 Å². The fraction of sp³-hybridized carbons (Fsp3) is 0.524. The number of imide groups is 1. The van der Waals surface area contributed by atoms with Crippen LogP contribution in [0.15, 0.2) is 24.3 Å². The molecule has 0 aromatic heterocycles. The number of para-hydroxylation sites is 1. The SMILES string of the molecule is COc1ccccc1CCC(=O)OCC(=O)NN1C(=O)NC2(CCC(C)CC2)C1=O. The van der Waals surface area contributed by atoms with E-state index < -0.39 is 36.0 Å². The van der Waals surface area contributed by atoms with E-state index in [0.29, 0.717) is 35.9 Å². The molecular weight excluding hydrogens is 390 g/mol. The fourth-order valence-corrected chi connectivity index (χ4v) is 3.84. The van der Waals surface area contributed by atoms with Gasteiger partial charge in [0.05, 0.1) is 7.11 Å². The number of carbonyl (C=O) groups excluding carboxylic acids is 4. The van der Waals surface area contributed by atoms with Crippen molar-refractivity contribution >= 4 is 23.8 Å². The largest absolute Gasteiger partial charge is 0.496 e. The van der Waals surface area contributed by atoms with Gasteiger partial charge in [0.15, 0.2) is 6.61 Å². The molecule has 1 heterocycles. The summed E-state index contributed by atoms with van der Waals surface area (Å²) in [6.45, 7) is 1.53. The van der Waals surface area contributed by atoms with Crippen LogP contribution < -0.4 is 15.5 Å². The minimum Gasteiger partial charge on any atom is -0.496 e. The first-order valence-electron chi connectivity index (χ1n) is 10.1. The van der Waals surface area contributed by atoms with Crippen LogP contribution in [0.3, 0.4) is 0 Å². The molecule has 1 aromatic rings. The summed E-state index contributed by atoms with van der Waals surface area (Å²) in [6.07, 6.45) is 3.22. The highest BCUT2D eigenvalue weighted by molar-refractivity contribution is 6.08. The molecule has 0 radical (unpaired) electrons. The maximum absolute atomic E-state index is 12.7. The van der Waals surface area contributed by atoms with Gasteiger partial charge in [-0.05, 0) is 49.7 Å². The molecule has 1 saturated heterocycles. The standard InChI is InChI=1S/C21H27N3O6/c1-14-9-11-21(12-10-14)19(27)24(20(28)22-21)23-17(25)13-30-18(26)8-7-15-5-3-4-6-16(15)29-2/h3-6,14H,7-13H2,1-2H3,(H,22,28)(H,23,25). The number of aryl methyl sites for hydroxylation is 1. The lowest BCUT2D eigenvalue weighted by Crippen LogP contribution is -2.52. The predicted octanol–water partition coefficient (Wildman–Crippen LogP) is 1.70. The Hall–Kier alpha value is -3.10. The van der Waals surface area contributed by atoms with E-state index in [1.807, 2.05) is 18.2 Å². The van der Waals surface area contributed by atoms with Crippen LogP contribution in [0.1, 0.15) is 44.6 Å². The van der Waals surface area contributed by atoms with Crippen LogP contribution in [0.2, 0.25) is 0 Å². The smallest absolute Gasteiger partial charge is 0.344 e. The van der Waals surface area contributed by atoms with Gasteiger partial charge >= 0.3 is 12.0 Å². The first-order valence-corrected chi connectivity index (χ1v) is 10.1. The molecule has 2 N–H and O–H groups in total. The topological polar surface area (TPSA) is 114 Å². The molecule has 4 amide bonds. The summed E-state index contributed by atoms with van der Waals surface area (Å²) in [7, 11) is 1.55. The Morgan fingerprint density at radius 1 is 1.23 bits per heavy atom. The van der Waals surface area contributed by atoms with Crippen LogP contribution in [0.4, 0.5) is 4.79 Å². The fourth-order valence-electron chi connectivity index (χ4n) is 3.84. The number of nitrogens with zero attached hydrogens (tertiary/aromatic N) is 1. The van der Waals surface area contributed by atoms with Crippen LogP contribution in [-0.2, 0) is 25.5 Å². The van der Waals surface area contributed by atoms with Crippen molar-refractivity contribution in [1.29, 1.82) is 0 Å². The average Bonchev–Trinajstić information content (AvgIpc) is 2.97. The Labute approximate surface area is 175 Å². The number of hydrogen-bond acceptors (Lipinski definition) is 6. The number of rotatable bonds is 7. The predicted molar refractivity (Wildman–Crippen MR) is 106 cm³/mol. The number of hydrazine groups is 1. The van der Waals surface area contributed by atoms with Gasteiger partial charge in [-0.3, -0.25) is 19.8 Å². The van der Waals surface area contributed by atoms with Crippen LogP contribution in [0.25, 0.3) is 0 Å². The van der Waals surface area contributed by atoms with Crippen molar-refractivity contribution in [3.8, 4) is 5.75 Å². The number of amides is 4. The molecule has 162 valence electrons. The lowest BCUT2D eigenvalue weighted by molar-refractivity contribution is -0.150. The lowest BCUT2D eigenvalue weighted by Gasteiger charge is -2.33. The van der Waals surface area contributed by atoms with Crippen LogP contribution >= 0.6 is 0 Å². The van der Waals surface area contributed by atoms with Gasteiger partial charge in [0.1, 0.15) is 11.3 Å². The summed E-state index contributed by atoms with van der Waals surface area (Å²) in [5.74, 6) is -0.599. The van der Waals surface area contributed by atoms with E-state index in [1.165, 1.54) is 0 Å². The van der Waals surface area contributed by atoms with Crippen molar-refractivity contribution in [2.24, 2.45) is 5.92 Å². The molecule has 1 aliphatic heterocycles. The number of esters is 1. The average molecular weight is 417 g/mol. The van der Waals surface area contributed by atoms with Gasteiger partial charge in [-0.2, -0.15) is 5.01 Å². The summed E-state index contributed by atoms with van der Waals surface area (Å²) in [5.41, 5.74) is 2.16. The molecule has 0 unspecified atom stereocenters. The van der Waals surface area contributed by atoms with E-state index in [2.05, 4.69) is 17.7 Å². The molecule has 30 heavy (non-hydrogen) atoms. The minimum absolute atomic E-state index is 0.0675. The Balaban J connectivity index is 1.46. The number of nitrogens with one attached hydrogen (secondary N) is 2. The second-order valence-corrected chi connectivity index (χ2v) is 7.84. The van der Waals surface area contributed by atoms with Crippen LogP contribution in [0, 0.1) is 5.92 Å². The maximum Gasteiger partial charge on any atom is 0.344 e. The Bertz CT molecular complexity index is 832. The monoisotopic (exact) mass is 417 g/mol. The minimum atomic E-state index is -0.942. The van der Waals surface area contributed by atoms with Crippen molar-refractivity contribution in [3.63, 3.8) is 0 Å². The number of benzene rings is 1. The quantitative estimate of drug-likeness (QED) is 0.516. The summed E-state index contributed by atoms with van der Waals surface area (Å²) in [6, 6.07) is 6.66. The number of urea groups is 1. The third-order valence-electron chi connectivity index (χ3n) is 5.68. The van der Waals surface area contributed by atoms with Crippen LogP contribution in [-0.4, -0.2) is 48.1 Å². The summed E-state index contributed by atoms with van der Waals surface area (Å²) in [5, 5.41) is 3.41. The zero-order valence-electron chi connectivity index (χ0n) is 17.2.